The van der Waals surface area contributed by atoms with Gasteiger partial charge in [-0.05, 0) is 39.5 Å². The Labute approximate surface area is 108 Å². The first-order valence-corrected chi connectivity index (χ1v) is 6.73. The van der Waals surface area contributed by atoms with Crippen LogP contribution in [0, 0.1) is 5.92 Å². The smallest absolute Gasteiger partial charge is 0.245 e. The van der Waals surface area contributed by atoms with E-state index < -0.39 is 6.04 Å². The number of piperazine rings is 1. The molecule has 2 unspecified atom stereocenters. The molecule has 0 radical (unpaired) electrons. The topological polar surface area (TPSA) is 58.6 Å². The monoisotopic (exact) mass is 254 g/mol. The van der Waals surface area contributed by atoms with Crippen LogP contribution < -0.4 is 5.32 Å². The predicted octanol–water partition coefficient (Wildman–Crippen LogP) is 0.537. The van der Waals surface area contributed by atoms with E-state index in [1.165, 1.54) is 0 Å². The summed E-state index contributed by atoms with van der Waals surface area (Å²) < 4.78 is 5.49. The Balaban J connectivity index is 2.00. The summed E-state index contributed by atoms with van der Waals surface area (Å²) in [6, 6.07) is -0.684. The van der Waals surface area contributed by atoms with Gasteiger partial charge in [-0.1, -0.05) is 0 Å². The summed E-state index contributed by atoms with van der Waals surface area (Å²) in [5.41, 5.74) is 0. The molecule has 1 saturated heterocycles. The van der Waals surface area contributed by atoms with Crippen LogP contribution >= 0.6 is 0 Å². The first kappa shape index (κ1) is 13.3. The van der Waals surface area contributed by atoms with Gasteiger partial charge in [0.25, 0.3) is 0 Å². The summed E-state index contributed by atoms with van der Waals surface area (Å²) in [7, 11) is 0. The maximum atomic E-state index is 12.1. The number of ether oxygens (including phenoxy) is 1. The molecule has 0 aromatic carbocycles. The highest BCUT2D eigenvalue weighted by molar-refractivity contribution is 5.97. The van der Waals surface area contributed by atoms with Gasteiger partial charge in [-0.3, -0.25) is 9.59 Å². The van der Waals surface area contributed by atoms with Gasteiger partial charge in [-0.15, -0.1) is 0 Å². The van der Waals surface area contributed by atoms with E-state index in [2.05, 4.69) is 5.32 Å². The molecule has 5 nitrogen and oxygen atoms in total. The number of nitrogens with one attached hydrogen (secondary N) is 1. The van der Waals surface area contributed by atoms with Gasteiger partial charge in [0.1, 0.15) is 12.1 Å². The first-order chi connectivity index (χ1) is 8.50. The van der Waals surface area contributed by atoms with Crippen molar-refractivity contribution in [2.75, 3.05) is 13.2 Å². The van der Waals surface area contributed by atoms with Crippen LogP contribution in [-0.2, 0) is 14.3 Å². The lowest BCUT2D eigenvalue weighted by atomic mass is 10.0. The van der Waals surface area contributed by atoms with Crippen molar-refractivity contribution in [3.63, 3.8) is 0 Å². The molecule has 1 aliphatic heterocycles. The van der Waals surface area contributed by atoms with Crippen LogP contribution in [0.4, 0.5) is 0 Å². The lowest BCUT2D eigenvalue weighted by Crippen LogP contribution is -2.63. The zero-order valence-corrected chi connectivity index (χ0v) is 11.3. The summed E-state index contributed by atoms with van der Waals surface area (Å²) in [6.07, 6.45) is 2.23. The molecule has 2 atom stereocenters. The fraction of sp³-hybridized carbons (Fsp3) is 0.846. The van der Waals surface area contributed by atoms with Gasteiger partial charge in [0.2, 0.25) is 11.8 Å². The second-order valence-electron chi connectivity index (χ2n) is 5.46. The average molecular weight is 254 g/mol. The van der Waals surface area contributed by atoms with Crippen molar-refractivity contribution in [2.45, 2.75) is 51.8 Å². The van der Waals surface area contributed by atoms with Crippen LogP contribution in [-0.4, -0.2) is 48.1 Å². The largest absolute Gasteiger partial charge is 0.377 e. The molecule has 1 saturated carbocycles. The molecular weight excluding hydrogens is 232 g/mol. The van der Waals surface area contributed by atoms with E-state index >= 15 is 0 Å². The van der Waals surface area contributed by atoms with Gasteiger partial charge in [-0.2, -0.15) is 0 Å². The van der Waals surface area contributed by atoms with Crippen molar-refractivity contribution in [3.8, 4) is 0 Å². The maximum Gasteiger partial charge on any atom is 0.245 e. The minimum absolute atomic E-state index is 0.00542. The summed E-state index contributed by atoms with van der Waals surface area (Å²) in [6.45, 7) is 6.67. The molecule has 0 aromatic rings. The van der Waals surface area contributed by atoms with Gasteiger partial charge >= 0.3 is 0 Å². The van der Waals surface area contributed by atoms with Crippen LogP contribution in [0.25, 0.3) is 0 Å². The van der Waals surface area contributed by atoms with Crippen molar-refractivity contribution in [3.05, 3.63) is 0 Å². The van der Waals surface area contributed by atoms with E-state index in [1.54, 1.807) is 11.8 Å². The van der Waals surface area contributed by atoms with Crippen LogP contribution in [0.1, 0.15) is 33.6 Å². The molecule has 18 heavy (non-hydrogen) atoms. The number of hydrogen-bond acceptors (Lipinski definition) is 3. The summed E-state index contributed by atoms with van der Waals surface area (Å²) in [4.78, 5) is 25.9. The van der Waals surface area contributed by atoms with Gasteiger partial charge in [0, 0.05) is 6.54 Å². The Kier molecular flexibility index (Phi) is 3.90. The van der Waals surface area contributed by atoms with Crippen LogP contribution in [0.15, 0.2) is 0 Å². The van der Waals surface area contributed by atoms with E-state index in [0.717, 1.165) is 12.8 Å². The van der Waals surface area contributed by atoms with E-state index in [0.29, 0.717) is 19.1 Å². The van der Waals surface area contributed by atoms with Crippen molar-refractivity contribution < 1.29 is 14.3 Å². The van der Waals surface area contributed by atoms with Crippen molar-refractivity contribution in [1.82, 2.24) is 10.2 Å². The summed E-state index contributed by atoms with van der Waals surface area (Å²) in [5, 5.41) is 2.76. The maximum absolute atomic E-state index is 12.1. The molecule has 1 heterocycles. The molecule has 102 valence electrons. The van der Waals surface area contributed by atoms with Crippen molar-refractivity contribution in [2.24, 2.45) is 5.92 Å². The highest BCUT2D eigenvalue weighted by Crippen LogP contribution is 2.36. The van der Waals surface area contributed by atoms with Crippen molar-refractivity contribution >= 4 is 11.8 Å². The Morgan fingerprint density at radius 3 is 2.61 bits per heavy atom. The molecule has 1 aliphatic carbocycles. The number of carbonyl (C=O) groups excluding carboxylic acids is 2. The van der Waals surface area contributed by atoms with Gasteiger partial charge in [0.15, 0.2) is 0 Å². The fourth-order valence-electron chi connectivity index (χ4n) is 2.40. The van der Waals surface area contributed by atoms with Crippen molar-refractivity contribution in [1.29, 1.82) is 0 Å². The number of hydrogen-bond donors (Lipinski definition) is 1. The van der Waals surface area contributed by atoms with E-state index in [1.807, 2.05) is 13.8 Å². The number of nitrogens with zero attached hydrogens (tertiary/aromatic N) is 1. The number of carbonyl (C=O) groups is 2. The molecule has 2 fully saturated rings. The Bertz CT molecular complexity index is 339. The third-order valence-corrected chi connectivity index (χ3v) is 3.47. The van der Waals surface area contributed by atoms with Gasteiger partial charge in [-0.25, -0.2) is 0 Å². The molecule has 2 aliphatic rings. The van der Waals surface area contributed by atoms with E-state index in [9.17, 15) is 9.59 Å². The highest BCUT2D eigenvalue weighted by Gasteiger charge is 2.46. The number of amides is 2. The fourth-order valence-corrected chi connectivity index (χ4v) is 2.40. The molecule has 5 heteroatoms. The molecule has 2 amide bonds. The molecule has 0 bridgehead atoms. The van der Waals surface area contributed by atoms with Crippen LogP contribution in [0.2, 0.25) is 0 Å². The lowest BCUT2D eigenvalue weighted by Gasteiger charge is -2.38. The van der Waals surface area contributed by atoms with E-state index in [4.69, 9.17) is 4.74 Å². The lowest BCUT2D eigenvalue weighted by molar-refractivity contribution is -0.150. The second-order valence-corrected chi connectivity index (χ2v) is 5.46. The van der Waals surface area contributed by atoms with Crippen LogP contribution in [0.3, 0.4) is 0 Å². The highest BCUT2D eigenvalue weighted by atomic mass is 16.5. The number of rotatable bonds is 5. The Morgan fingerprint density at radius 1 is 1.39 bits per heavy atom. The third-order valence-electron chi connectivity index (χ3n) is 3.47. The molecule has 0 spiro atoms. The van der Waals surface area contributed by atoms with Crippen LogP contribution in [0.5, 0.6) is 0 Å². The summed E-state index contributed by atoms with van der Waals surface area (Å²) >= 11 is 0. The standard InChI is InChI=1S/C13H22N2O3/c1-8(2)18-7-6-15-11(10-4-5-10)12(16)14-9(3)13(15)17/h8-11H,4-7H2,1-3H3,(H,14,16). The SMILES string of the molecule is CC(C)OCCN1C(=O)C(C)NC(=O)C1C1CC1. The Hall–Kier alpha value is -1.10. The molecule has 1 N–H and O–H groups in total. The van der Waals surface area contributed by atoms with E-state index in [-0.39, 0.29) is 24.0 Å². The predicted molar refractivity (Wildman–Crippen MR) is 66.9 cm³/mol. The third kappa shape index (κ3) is 2.83. The van der Waals surface area contributed by atoms with Gasteiger partial charge in [0.05, 0.1) is 12.7 Å². The minimum Gasteiger partial charge on any atom is -0.377 e. The first-order valence-electron chi connectivity index (χ1n) is 6.73. The molecule has 0 aromatic heterocycles. The van der Waals surface area contributed by atoms with Gasteiger partial charge < -0.3 is 15.0 Å². The quantitative estimate of drug-likeness (QED) is 0.779. The zero-order valence-electron chi connectivity index (χ0n) is 11.3. The minimum atomic E-state index is -0.411. The molecule has 2 rings (SSSR count). The Morgan fingerprint density at radius 2 is 2.06 bits per heavy atom. The molecular formula is C13H22N2O3. The normalized spacial score (nSPS) is 28.8. The second kappa shape index (κ2) is 5.26. The zero-order chi connectivity index (χ0) is 13.3. The average Bonchev–Trinajstić information content (AvgIpc) is 3.08. The summed E-state index contributed by atoms with van der Waals surface area (Å²) in [5.74, 6) is 0.355.